The van der Waals surface area contributed by atoms with Crippen molar-refractivity contribution in [3.05, 3.63) is 49.6 Å². The third kappa shape index (κ3) is 6.96. The van der Waals surface area contributed by atoms with E-state index < -0.39 is 0 Å². The van der Waals surface area contributed by atoms with Gasteiger partial charge in [0.2, 0.25) is 0 Å². The van der Waals surface area contributed by atoms with E-state index >= 15 is 0 Å². The monoisotopic (exact) mass is 119 g/mol. The van der Waals surface area contributed by atoms with E-state index in [0.717, 1.165) is 6.42 Å². The first-order valence-electron chi connectivity index (χ1n) is 2.89. The molecule has 1 radical (unpaired) electrons. The van der Waals surface area contributed by atoms with Crippen molar-refractivity contribution in [1.29, 1.82) is 0 Å². The first kappa shape index (κ1) is 7.96. The second kappa shape index (κ2) is 6.96. The fourth-order valence-electron chi connectivity index (χ4n) is 0.382. The number of hydrogen-bond acceptors (Lipinski definition) is 0. The zero-order valence-corrected chi connectivity index (χ0v) is 5.46. The van der Waals surface area contributed by atoms with Gasteiger partial charge in [-0.25, -0.2) is 0 Å². The molecule has 0 heterocycles. The molecule has 0 aliphatic rings. The SMILES string of the molecule is [CH]=C/C=C/C=C/CC=C. The lowest BCUT2D eigenvalue weighted by Crippen LogP contribution is -1.52. The van der Waals surface area contributed by atoms with E-state index in [-0.39, 0.29) is 0 Å². The lowest BCUT2D eigenvalue weighted by Gasteiger charge is -1.73. The largest absolute Gasteiger partial charge is 0.103 e. The van der Waals surface area contributed by atoms with Gasteiger partial charge in [-0.1, -0.05) is 43.0 Å². The summed E-state index contributed by atoms with van der Waals surface area (Å²) in [7, 11) is 0. The summed E-state index contributed by atoms with van der Waals surface area (Å²) < 4.78 is 0. The molecule has 0 nitrogen and oxygen atoms in total. The first-order chi connectivity index (χ1) is 4.41. The summed E-state index contributed by atoms with van der Waals surface area (Å²) in [6, 6.07) is 0. The van der Waals surface area contributed by atoms with Gasteiger partial charge in [0.05, 0.1) is 0 Å². The summed E-state index contributed by atoms with van der Waals surface area (Å²) in [5.41, 5.74) is 0. The van der Waals surface area contributed by atoms with E-state index in [2.05, 4.69) is 6.58 Å². The molecule has 0 atom stereocenters. The van der Waals surface area contributed by atoms with Gasteiger partial charge in [-0.05, 0) is 6.42 Å². The van der Waals surface area contributed by atoms with Crippen molar-refractivity contribution in [3.63, 3.8) is 0 Å². The molecule has 0 spiro atoms. The van der Waals surface area contributed by atoms with E-state index in [1.165, 1.54) is 6.08 Å². The maximum atomic E-state index is 5.08. The van der Waals surface area contributed by atoms with Gasteiger partial charge in [0, 0.05) is 0 Å². The minimum absolute atomic E-state index is 0.912. The van der Waals surface area contributed by atoms with Gasteiger partial charge < -0.3 is 0 Å². The molecular weight excluding hydrogens is 108 g/mol. The van der Waals surface area contributed by atoms with Crippen LogP contribution in [0.3, 0.4) is 0 Å². The van der Waals surface area contributed by atoms with Gasteiger partial charge in [0.15, 0.2) is 0 Å². The van der Waals surface area contributed by atoms with E-state index in [0.29, 0.717) is 0 Å². The fourth-order valence-corrected chi connectivity index (χ4v) is 0.382. The van der Waals surface area contributed by atoms with E-state index in [1.54, 1.807) is 6.08 Å². The number of hydrogen-bond donors (Lipinski definition) is 0. The average Bonchev–Trinajstić information content (AvgIpc) is 1.89. The average molecular weight is 119 g/mol. The molecule has 0 heteroatoms. The number of rotatable bonds is 4. The third-order valence-corrected chi connectivity index (χ3v) is 0.772. The van der Waals surface area contributed by atoms with Gasteiger partial charge in [-0.3, -0.25) is 0 Å². The van der Waals surface area contributed by atoms with Crippen LogP contribution in [0.1, 0.15) is 6.42 Å². The summed E-state index contributed by atoms with van der Waals surface area (Å²) in [6.45, 7) is 8.65. The molecule has 0 N–H and O–H groups in total. The van der Waals surface area contributed by atoms with Crippen LogP contribution in [-0.2, 0) is 0 Å². The normalized spacial score (nSPS) is 10.7. The van der Waals surface area contributed by atoms with Crippen LogP contribution in [0.2, 0.25) is 0 Å². The second-order valence-corrected chi connectivity index (χ2v) is 1.53. The van der Waals surface area contributed by atoms with Crippen LogP contribution in [0.25, 0.3) is 0 Å². The van der Waals surface area contributed by atoms with Crippen molar-refractivity contribution in [2.45, 2.75) is 6.42 Å². The zero-order chi connectivity index (χ0) is 6.95. The molecular formula is C9H11. The summed E-state index contributed by atoms with van der Waals surface area (Å²) in [5.74, 6) is 0. The zero-order valence-electron chi connectivity index (χ0n) is 5.46. The summed E-state index contributed by atoms with van der Waals surface area (Å²) >= 11 is 0. The molecule has 0 saturated carbocycles. The highest BCUT2D eigenvalue weighted by Crippen LogP contribution is 1.83. The van der Waals surface area contributed by atoms with Crippen molar-refractivity contribution in [3.8, 4) is 0 Å². The van der Waals surface area contributed by atoms with Crippen molar-refractivity contribution >= 4 is 0 Å². The maximum absolute atomic E-state index is 5.08. The highest BCUT2D eigenvalue weighted by atomic mass is 13.7. The first-order valence-corrected chi connectivity index (χ1v) is 2.89. The Morgan fingerprint density at radius 2 is 2.00 bits per heavy atom. The third-order valence-electron chi connectivity index (χ3n) is 0.772. The lowest BCUT2D eigenvalue weighted by molar-refractivity contribution is 1.41. The Kier molecular flexibility index (Phi) is 6.16. The molecule has 47 valence electrons. The summed E-state index contributed by atoms with van der Waals surface area (Å²) in [5, 5.41) is 0. The molecule has 0 aliphatic heterocycles. The molecule has 0 unspecified atom stereocenters. The molecule has 0 amide bonds. The van der Waals surface area contributed by atoms with Gasteiger partial charge in [-0.2, -0.15) is 0 Å². The van der Waals surface area contributed by atoms with Crippen molar-refractivity contribution in [2.75, 3.05) is 0 Å². The van der Waals surface area contributed by atoms with Crippen molar-refractivity contribution in [2.24, 2.45) is 0 Å². The molecule has 0 aromatic rings. The molecule has 0 bridgehead atoms. The number of allylic oxidation sites excluding steroid dienone is 6. The van der Waals surface area contributed by atoms with E-state index in [1.807, 2.05) is 24.3 Å². The van der Waals surface area contributed by atoms with E-state index in [9.17, 15) is 0 Å². The van der Waals surface area contributed by atoms with Crippen molar-refractivity contribution in [1.82, 2.24) is 0 Å². The van der Waals surface area contributed by atoms with Gasteiger partial charge in [0.25, 0.3) is 0 Å². The summed E-state index contributed by atoms with van der Waals surface area (Å²) in [4.78, 5) is 0. The molecule has 0 aliphatic carbocycles. The van der Waals surface area contributed by atoms with Crippen molar-refractivity contribution < 1.29 is 0 Å². The predicted molar refractivity (Wildman–Crippen MR) is 42.0 cm³/mol. The molecule has 0 rings (SSSR count). The van der Waals surface area contributed by atoms with Gasteiger partial charge in [0.1, 0.15) is 0 Å². The van der Waals surface area contributed by atoms with E-state index in [4.69, 9.17) is 6.58 Å². The lowest BCUT2D eigenvalue weighted by atomic mass is 10.3. The highest BCUT2D eigenvalue weighted by molar-refractivity contribution is 5.08. The van der Waals surface area contributed by atoms with Crippen LogP contribution in [0.4, 0.5) is 0 Å². The smallest absolute Gasteiger partial charge is 0.0169 e. The maximum Gasteiger partial charge on any atom is -0.0169 e. The Morgan fingerprint density at radius 1 is 1.22 bits per heavy atom. The topological polar surface area (TPSA) is 0 Å². The van der Waals surface area contributed by atoms with Gasteiger partial charge >= 0.3 is 0 Å². The van der Waals surface area contributed by atoms with Crippen LogP contribution < -0.4 is 0 Å². The Morgan fingerprint density at radius 3 is 2.56 bits per heavy atom. The Balaban J connectivity index is 3.33. The molecule has 0 saturated heterocycles. The van der Waals surface area contributed by atoms with Gasteiger partial charge in [-0.15, -0.1) is 6.58 Å². The molecule has 9 heavy (non-hydrogen) atoms. The van der Waals surface area contributed by atoms with Crippen LogP contribution in [0.5, 0.6) is 0 Å². The minimum Gasteiger partial charge on any atom is -0.103 e. The second-order valence-electron chi connectivity index (χ2n) is 1.53. The highest BCUT2D eigenvalue weighted by Gasteiger charge is 1.62. The minimum atomic E-state index is 0.912. The Bertz CT molecular complexity index is 127. The predicted octanol–water partition coefficient (Wildman–Crippen LogP) is 2.66. The summed E-state index contributed by atoms with van der Waals surface area (Å²) in [6.07, 6.45) is 11.9. The van der Waals surface area contributed by atoms with Crippen LogP contribution in [-0.4, -0.2) is 0 Å². The molecule has 0 aromatic carbocycles. The quantitative estimate of drug-likeness (QED) is 0.394. The fraction of sp³-hybridized carbons (Fsp3) is 0.111. The van der Waals surface area contributed by atoms with Crippen LogP contribution in [0.15, 0.2) is 43.0 Å². The Hall–Kier alpha value is -1.04. The van der Waals surface area contributed by atoms with Crippen LogP contribution in [0, 0.1) is 6.58 Å². The molecule has 0 aromatic heterocycles. The Labute approximate surface area is 56.9 Å². The van der Waals surface area contributed by atoms with Crippen LogP contribution >= 0.6 is 0 Å². The molecule has 0 fully saturated rings. The standard InChI is InChI=1S/C9H11/c1-3-5-7-9-8-6-4-2/h1,3-5,7-9H,2,6H2/b3-1?,7-5+,9-8+.